The molecule has 1 aromatic heterocycles. The average molecular weight is 531 g/mol. The van der Waals surface area contributed by atoms with Crippen LogP contribution < -0.4 is 32.1 Å². The van der Waals surface area contributed by atoms with Crippen molar-refractivity contribution in [2.24, 2.45) is 7.05 Å². The number of thiazole rings is 1. The third-order valence-electron chi connectivity index (χ3n) is 4.85. The molecule has 0 N–H and O–H groups in total. The van der Waals surface area contributed by atoms with Crippen LogP contribution in [0.2, 0.25) is 0 Å². The van der Waals surface area contributed by atoms with Crippen molar-refractivity contribution in [3.05, 3.63) is 101 Å². The maximum atomic E-state index is 8.49. The van der Waals surface area contributed by atoms with Gasteiger partial charge in [-0.15, -0.1) is 10.2 Å². The predicted molar refractivity (Wildman–Crippen MR) is 117 cm³/mol. The van der Waals surface area contributed by atoms with Gasteiger partial charge in [-0.25, -0.2) is 18.6 Å². The van der Waals surface area contributed by atoms with E-state index in [1.165, 1.54) is 40.8 Å². The van der Waals surface area contributed by atoms with Crippen molar-refractivity contribution >= 4 is 57.1 Å². The molecule has 0 unspecified atom stereocenters. The minimum absolute atomic E-state index is 0.381. The molecule has 0 saturated carbocycles. The Morgan fingerprint density at radius 3 is 1.94 bits per heavy atom. The van der Waals surface area contributed by atoms with Crippen LogP contribution >= 0.6 is 11.3 Å². The summed E-state index contributed by atoms with van der Waals surface area (Å²) in [6.45, 7) is 0. The van der Waals surface area contributed by atoms with Gasteiger partial charge >= 0.3 is 170 Å². The third-order valence-corrected chi connectivity index (χ3v) is 8.45. The second-order valence-electron chi connectivity index (χ2n) is 6.88. The molecule has 0 aliphatic carbocycles. The predicted octanol–water partition coefficient (Wildman–Crippen LogP) is -0.917. The van der Waals surface area contributed by atoms with Crippen LogP contribution in [-0.2, 0) is 7.05 Å². The zero-order chi connectivity index (χ0) is 22.7. The molecule has 0 amide bonds. The van der Waals surface area contributed by atoms with E-state index < -0.39 is 10.2 Å². The number of hydrogen-bond donors (Lipinski definition) is 0. The quantitative estimate of drug-likeness (QED) is 0.218. The molecule has 8 heteroatoms. The molecule has 32 heavy (non-hydrogen) atoms. The van der Waals surface area contributed by atoms with Crippen molar-refractivity contribution in [3.63, 3.8) is 0 Å². The number of fused-ring (bicyclic) bond motifs is 3. The molecule has 0 radical (unpaired) electrons. The number of aromatic nitrogens is 1. The Morgan fingerprint density at radius 2 is 1.34 bits per heavy atom. The van der Waals surface area contributed by atoms with Gasteiger partial charge in [-0.05, 0) is 0 Å². The molecular formula is C24H18ClNO4SSe. The van der Waals surface area contributed by atoms with E-state index >= 15 is 0 Å². The SMILES string of the molecule is C[n+]1c(/C=C/C=C2c3ccccc3[Se]c3ccccc32)sc2ccccc21.[O-][Cl+3]([O-])([O-])[O-]. The summed E-state index contributed by atoms with van der Waals surface area (Å²) in [6, 6.07) is 26.2. The Hall–Kier alpha value is -2.32. The molecular weight excluding hydrogens is 513 g/mol. The second-order valence-corrected chi connectivity index (χ2v) is 11.0. The van der Waals surface area contributed by atoms with Crippen molar-refractivity contribution in [2.45, 2.75) is 0 Å². The summed E-state index contributed by atoms with van der Waals surface area (Å²) in [5.41, 5.74) is 5.36. The summed E-state index contributed by atoms with van der Waals surface area (Å²) in [5.74, 6) is 0. The van der Waals surface area contributed by atoms with Crippen LogP contribution in [0, 0.1) is 10.2 Å². The molecule has 5 nitrogen and oxygen atoms in total. The fraction of sp³-hybridized carbons (Fsp3) is 0.0417. The van der Waals surface area contributed by atoms with Crippen molar-refractivity contribution in [1.29, 1.82) is 0 Å². The maximum absolute atomic E-state index is 8.49. The number of para-hydroxylation sites is 1. The van der Waals surface area contributed by atoms with Gasteiger partial charge in [-0.3, -0.25) is 0 Å². The topological polar surface area (TPSA) is 96.1 Å². The van der Waals surface area contributed by atoms with Crippen LogP contribution in [0.5, 0.6) is 0 Å². The standard InChI is InChI=1S/C24H18NSSe.ClHO4/c1-25-20-12-4-5-13-21(20)26-24(25)16-8-11-17-18-9-2-6-14-22(18)27-23-15-7-3-10-19(17)23;2-1(3,4)5/h2-16H,1H3;(H,2,3,4,5)/q+1;/p-1/b16-8+;. The maximum Gasteiger partial charge on any atom is -0.112 e. The zero-order valence-electron chi connectivity index (χ0n) is 16.9. The van der Waals surface area contributed by atoms with E-state index in [-0.39, 0.29) is 0 Å². The van der Waals surface area contributed by atoms with Crippen molar-refractivity contribution < 1.29 is 33.4 Å². The van der Waals surface area contributed by atoms with Gasteiger partial charge in [0.15, 0.2) is 0 Å². The second kappa shape index (κ2) is 9.67. The fourth-order valence-electron chi connectivity index (χ4n) is 3.49. The smallest absolute Gasteiger partial charge is 0.112 e. The number of hydrogen-bond acceptors (Lipinski definition) is 5. The van der Waals surface area contributed by atoms with E-state index in [4.69, 9.17) is 18.6 Å². The van der Waals surface area contributed by atoms with Gasteiger partial charge in [0, 0.05) is 0 Å². The zero-order valence-corrected chi connectivity index (χ0v) is 20.2. The van der Waals surface area contributed by atoms with Crippen LogP contribution in [0.1, 0.15) is 16.1 Å². The minimum Gasteiger partial charge on any atom is -0.222 e. The Labute approximate surface area is 198 Å². The summed E-state index contributed by atoms with van der Waals surface area (Å²) in [7, 11) is -2.81. The summed E-state index contributed by atoms with van der Waals surface area (Å²) in [6.07, 6.45) is 6.70. The summed E-state index contributed by atoms with van der Waals surface area (Å²) < 4.78 is 40.5. The van der Waals surface area contributed by atoms with Crippen LogP contribution in [0.3, 0.4) is 0 Å². The number of halogens is 1. The molecule has 0 saturated heterocycles. The Kier molecular flexibility index (Phi) is 6.90. The monoisotopic (exact) mass is 531 g/mol. The van der Waals surface area contributed by atoms with Crippen molar-refractivity contribution in [2.75, 3.05) is 0 Å². The van der Waals surface area contributed by atoms with Gasteiger partial charge in [-0.1, -0.05) is 0 Å². The van der Waals surface area contributed by atoms with Gasteiger partial charge < -0.3 is 0 Å². The van der Waals surface area contributed by atoms with Crippen molar-refractivity contribution in [3.8, 4) is 0 Å². The van der Waals surface area contributed by atoms with Gasteiger partial charge in [0.1, 0.15) is 0 Å². The van der Waals surface area contributed by atoms with Gasteiger partial charge in [-0.2, -0.15) is 0 Å². The number of rotatable bonds is 2. The molecule has 0 fully saturated rings. The molecule has 0 spiro atoms. The third kappa shape index (κ3) is 5.35. The van der Waals surface area contributed by atoms with Crippen LogP contribution in [-0.4, -0.2) is 15.0 Å². The van der Waals surface area contributed by atoms with Crippen LogP contribution in [0.4, 0.5) is 0 Å². The fourth-order valence-corrected chi connectivity index (χ4v) is 6.88. The Morgan fingerprint density at radius 1 is 0.812 bits per heavy atom. The summed E-state index contributed by atoms with van der Waals surface area (Å²) >= 11 is 2.21. The van der Waals surface area contributed by atoms with Crippen molar-refractivity contribution in [1.82, 2.24) is 0 Å². The molecule has 4 aromatic rings. The molecule has 162 valence electrons. The molecule has 1 aliphatic rings. The first-order chi connectivity index (χ1) is 15.3. The molecule has 5 rings (SSSR count). The summed E-state index contributed by atoms with van der Waals surface area (Å²) in [5, 5.41) is 1.26. The van der Waals surface area contributed by atoms with Gasteiger partial charge in [0.05, 0.1) is 0 Å². The number of allylic oxidation sites excluding steroid dienone is 2. The Bertz CT molecular complexity index is 1270. The molecule has 0 bridgehead atoms. The first kappa shape index (κ1) is 22.9. The number of aryl methyl sites for hydroxylation is 1. The number of benzene rings is 3. The molecule has 3 aromatic carbocycles. The van der Waals surface area contributed by atoms with Crippen LogP contribution in [0.25, 0.3) is 21.9 Å². The molecule has 1 aliphatic heterocycles. The Balaban J connectivity index is 0.000000444. The van der Waals surface area contributed by atoms with E-state index in [0.717, 1.165) is 0 Å². The molecule has 0 atom stereocenters. The molecule has 2 heterocycles. The average Bonchev–Trinajstić information content (AvgIpc) is 3.08. The first-order valence-corrected chi connectivity index (χ1v) is 13.3. The first-order valence-electron chi connectivity index (χ1n) is 9.55. The van der Waals surface area contributed by atoms with E-state index in [9.17, 15) is 0 Å². The van der Waals surface area contributed by atoms with E-state index in [1.54, 1.807) is 0 Å². The number of nitrogens with zero attached hydrogens (tertiary/aromatic N) is 1. The van der Waals surface area contributed by atoms with E-state index in [0.29, 0.717) is 15.0 Å². The van der Waals surface area contributed by atoms with Gasteiger partial charge in [0.25, 0.3) is 0 Å². The van der Waals surface area contributed by atoms with Crippen LogP contribution in [0.15, 0.2) is 84.9 Å². The summed E-state index contributed by atoms with van der Waals surface area (Å²) in [4.78, 5) is 0. The largest absolute Gasteiger partial charge is 0.222 e. The normalized spacial score (nSPS) is 12.8. The van der Waals surface area contributed by atoms with E-state index in [1.807, 2.05) is 11.3 Å². The minimum atomic E-state index is -4.94. The van der Waals surface area contributed by atoms with E-state index in [2.05, 4.69) is 103 Å². The van der Waals surface area contributed by atoms with Gasteiger partial charge in [0.2, 0.25) is 0 Å².